The van der Waals surface area contributed by atoms with Crippen LogP contribution >= 0.6 is 0 Å². The summed E-state index contributed by atoms with van der Waals surface area (Å²) < 4.78 is 6.45. The molecule has 2 heterocycles. The van der Waals surface area contributed by atoms with E-state index in [1.807, 2.05) is 19.9 Å². The van der Waals surface area contributed by atoms with Crippen LogP contribution in [-0.4, -0.2) is 24.5 Å². The van der Waals surface area contributed by atoms with E-state index in [0.717, 1.165) is 42.8 Å². The number of rotatable bonds is 4. The minimum Gasteiger partial charge on any atom is -0.482 e. The predicted molar refractivity (Wildman–Crippen MR) is 109 cm³/mol. The van der Waals surface area contributed by atoms with Crippen molar-refractivity contribution < 1.29 is 9.53 Å². The zero-order valence-corrected chi connectivity index (χ0v) is 16.1. The largest absolute Gasteiger partial charge is 0.482 e. The van der Waals surface area contributed by atoms with Crippen LogP contribution in [0.5, 0.6) is 5.75 Å². The van der Waals surface area contributed by atoms with Gasteiger partial charge < -0.3 is 10.1 Å². The second-order valence-electron chi connectivity index (χ2n) is 7.97. The molecule has 27 heavy (non-hydrogen) atoms. The zero-order valence-electron chi connectivity index (χ0n) is 16.1. The molecule has 0 radical (unpaired) electrons. The molecule has 0 unspecified atom stereocenters. The lowest BCUT2D eigenvalue weighted by Gasteiger charge is -2.40. The first-order valence-corrected chi connectivity index (χ1v) is 9.90. The third-order valence-electron chi connectivity index (χ3n) is 5.63. The van der Waals surface area contributed by atoms with Gasteiger partial charge in [0.25, 0.3) is 0 Å². The Labute approximate surface area is 161 Å². The topological polar surface area (TPSA) is 38.3 Å². The van der Waals surface area contributed by atoms with Crippen molar-refractivity contribution in [1.82, 2.24) is 5.32 Å². The molecule has 0 aliphatic carbocycles. The first kappa shape index (κ1) is 18.0. The van der Waals surface area contributed by atoms with Gasteiger partial charge in [0.05, 0.1) is 0 Å². The van der Waals surface area contributed by atoms with E-state index in [-0.39, 0.29) is 17.3 Å². The summed E-state index contributed by atoms with van der Waals surface area (Å²) >= 11 is 0. The van der Waals surface area contributed by atoms with Crippen molar-refractivity contribution in [1.29, 1.82) is 0 Å². The van der Waals surface area contributed by atoms with Crippen molar-refractivity contribution in [3.63, 3.8) is 0 Å². The van der Waals surface area contributed by atoms with E-state index in [4.69, 9.17) is 4.74 Å². The molecule has 0 atom stereocenters. The molecular weight excluding hydrogens is 334 g/mol. The van der Waals surface area contributed by atoms with E-state index >= 15 is 0 Å². The highest BCUT2D eigenvalue weighted by Gasteiger charge is 2.36. The van der Waals surface area contributed by atoms with Gasteiger partial charge in [-0.25, -0.2) is 0 Å². The Bertz CT molecular complexity index is 858. The normalized spacial score (nSPS) is 18.0. The van der Waals surface area contributed by atoms with Crippen LogP contribution in [0.3, 0.4) is 0 Å². The van der Waals surface area contributed by atoms with Gasteiger partial charge >= 0.3 is 0 Å². The summed E-state index contributed by atoms with van der Waals surface area (Å²) in [5, 5.41) is 3.43. The number of para-hydroxylation sites is 1. The van der Waals surface area contributed by atoms with E-state index in [0.29, 0.717) is 6.42 Å². The summed E-state index contributed by atoms with van der Waals surface area (Å²) in [6, 6.07) is 16.8. The minimum absolute atomic E-state index is 0.0783. The molecule has 0 bridgehead atoms. The number of piperidine rings is 1. The van der Waals surface area contributed by atoms with Gasteiger partial charge in [-0.05, 0) is 41.9 Å². The zero-order chi connectivity index (χ0) is 18.9. The third-order valence-corrected chi connectivity index (χ3v) is 5.63. The lowest BCUT2D eigenvalue weighted by Crippen LogP contribution is -2.46. The fourth-order valence-corrected chi connectivity index (χ4v) is 3.91. The molecule has 2 aromatic carbocycles. The number of carbonyl (C=O) groups is 1. The Morgan fingerprint density at radius 1 is 1.07 bits per heavy atom. The predicted octanol–water partition coefficient (Wildman–Crippen LogP) is 4.40. The maximum atomic E-state index is 12.0. The van der Waals surface area contributed by atoms with E-state index in [9.17, 15) is 4.79 Å². The maximum Gasteiger partial charge on any atom is 0.139 e. The second kappa shape index (κ2) is 7.32. The number of Topliss-reactive ketones (excluding diaryl/α,β-unsaturated/α-hetero) is 1. The molecule has 1 saturated heterocycles. The van der Waals surface area contributed by atoms with Gasteiger partial charge in [0.2, 0.25) is 0 Å². The van der Waals surface area contributed by atoms with E-state index in [2.05, 4.69) is 53.9 Å². The van der Waals surface area contributed by atoms with Crippen LogP contribution < -0.4 is 10.1 Å². The first-order valence-electron chi connectivity index (χ1n) is 9.90. The molecule has 1 N–H and O–H groups in total. The summed E-state index contributed by atoms with van der Waals surface area (Å²) in [4.78, 5) is 12.0. The fourth-order valence-electron chi connectivity index (χ4n) is 3.91. The summed E-state index contributed by atoms with van der Waals surface area (Å²) in [6.07, 6.45) is 4.79. The highest BCUT2D eigenvalue weighted by molar-refractivity contribution is 5.86. The summed E-state index contributed by atoms with van der Waals surface area (Å²) in [5.74, 6) is 1.33. The summed E-state index contributed by atoms with van der Waals surface area (Å²) in [5.41, 5.74) is 4.42. The van der Waals surface area contributed by atoms with Gasteiger partial charge in [-0.2, -0.15) is 0 Å². The van der Waals surface area contributed by atoms with E-state index < -0.39 is 0 Å². The Hall–Kier alpha value is -2.39. The number of benzene rings is 2. The lowest BCUT2D eigenvalue weighted by atomic mass is 9.83. The second-order valence-corrected chi connectivity index (χ2v) is 7.97. The molecule has 2 aromatic rings. The monoisotopic (exact) mass is 361 g/mol. The molecular formula is C24H27NO2. The summed E-state index contributed by atoms with van der Waals surface area (Å²) in [6.45, 7) is 5.86. The van der Waals surface area contributed by atoms with Crippen molar-refractivity contribution in [2.75, 3.05) is 13.1 Å². The van der Waals surface area contributed by atoms with Gasteiger partial charge in [0.15, 0.2) is 0 Å². The molecule has 0 aromatic heterocycles. The van der Waals surface area contributed by atoms with Crippen molar-refractivity contribution in [2.24, 2.45) is 5.92 Å². The number of hydrogen-bond donors (Lipinski definition) is 1. The molecule has 140 valence electrons. The summed E-state index contributed by atoms with van der Waals surface area (Å²) in [7, 11) is 0. The highest BCUT2D eigenvalue weighted by Crippen LogP contribution is 2.42. The number of carbonyl (C=O) groups excluding carboxylic acids is 1. The van der Waals surface area contributed by atoms with Crippen molar-refractivity contribution >= 4 is 11.4 Å². The molecule has 1 fully saturated rings. The average Bonchev–Trinajstić information content (AvgIpc) is 2.68. The molecule has 4 rings (SSSR count). The van der Waals surface area contributed by atoms with Crippen LogP contribution in [0, 0.1) is 5.92 Å². The standard InChI is InChI=1S/C24H27NO2/c1-17(2)22(26)15-18-7-9-19(10-8-18)21-16-24(11-13-25-14-12-24)27-23-6-4-3-5-20(21)23/h3-10,16-17,25H,11-15H2,1-2H3. The Morgan fingerprint density at radius 3 is 2.48 bits per heavy atom. The fraction of sp³-hybridized carbons (Fsp3) is 0.375. The lowest BCUT2D eigenvalue weighted by molar-refractivity contribution is -0.121. The van der Waals surface area contributed by atoms with Crippen LogP contribution in [0.2, 0.25) is 0 Å². The third kappa shape index (κ3) is 3.70. The van der Waals surface area contributed by atoms with E-state index in [1.54, 1.807) is 0 Å². The van der Waals surface area contributed by atoms with Crippen LogP contribution in [-0.2, 0) is 11.2 Å². The Balaban J connectivity index is 1.68. The number of ketones is 1. The minimum atomic E-state index is -0.221. The molecule has 1 spiro atoms. The maximum absolute atomic E-state index is 12.0. The molecule has 2 aliphatic rings. The molecule has 3 nitrogen and oxygen atoms in total. The molecule has 3 heteroatoms. The van der Waals surface area contributed by atoms with Crippen LogP contribution in [0.15, 0.2) is 54.6 Å². The number of fused-ring (bicyclic) bond motifs is 1. The van der Waals surface area contributed by atoms with Gasteiger partial charge in [-0.3, -0.25) is 4.79 Å². The number of hydrogen-bond acceptors (Lipinski definition) is 3. The molecule has 2 aliphatic heterocycles. The number of ether oxygens (including phenoxy) is 1. The smallest absolute Gasteiger partial charge is 0.139 e. The Kier molecular flexibility index (Phi) is 4.88. The first-order chi connectivity index (χ1) is 13.1. The van der Waals surface area contributed by atoms with Gasteiger partial charge in [-0.1, -0.05) is 56.3 Å². The van der Waals surface area contributed by atoms with Gasteiger partial charge in [-0.15, -0.1) is 0 Å². The van der Waals surface area contributed by atoms with Crippen molar-refractivity contribution in [2.45, 2.75) is 38.7 Å². The number of nitrogens with one attached hydrogen (secondary N) is 1. The SMILES string of the molecule is CC(C)C(=O)Cc1ccc(C2=CC3(CCNCC3)Oc3ccccc32)cc1. The van der Waals surface area contributed by atoms with Gasteiger partial charge in [0, 0.05) is 30.7 Å². The quantitative estimate of drug-likeness (QED) is 0.877. The molecule has 0 amide bonds. The molecule has 0 saturated carbocycles. The van der Waals surface area contributed by atoms with Crippen LogP contribution in [0.25, 0.3) is 5.57 Å². The van der Waals surface area contributed by atoms with Crippen LogP contribution in [0.4, 0.5) is 0 Å². The Morgan fingerprint density at radius 2 is 1.78 bits per heavy atom. The van der Waals surface area contributed by atoms with Crippen molar-refractivity contribution in [3.05, 3.63) is 71.3 Å². The van der Waals surface area contributed by atoms with Crippen molar-refractivity contribution in [3.8, 4) is 5.75 Å². The highest BCUT2D eigenvalue weighted by atomic mass is 16.5. The van der Waals surface area contributed by atoms with E-state index in [1.165, 1.54) is 11.1 Å². The van der Waals surface area contributed by atoms with Gasteiger partial charge in [0.1, 0.15) is 17.1 Å². The van der Waals surface area contributed by atoms with Crippen LogP contribution in [0.1, 0.15) is 43.4 Å². The average molecular weight is 361 g/mol.